The highest BCUT2D eigenvalue weighted by atomic mass is 32.1. The van der Waals surface area contributed by atoms with E-state index in [2.05, 4.69) is 17.4 Å². The second-order valence-electron chi connectivity index (χ2n) is 2.92. The zero-order valence-electron chi connectivity index (χ0n) is 8.43. The summed E-state index contributed by atoms with van der Waals surface area (Å²) in [6, 6.07) is 0. The Morgan fingerprint density at radius 2 is 1.57 bits per heavy atom. The predicted octanol–water partition coefficient (Wildman–Crippen LogP) is -0.233. The first-order valence-electron chi connectivity index (χ1n) is 4.11. The molecule has 0 unspecified atom stereocenters. The lowest BCUT2D eigenvalue weighted by atomic mass is 10.2. The van der Waals surface area contributed by atoms with Crippen LogP contribution < -0.4 is 0 Å². The van der Waals surface area contributed by atoms with E-state index in [1.807, 2.05) is 0 Å². The molecule has 0 aromatic carbocycles. The summed E-state index contributed by atoms with van der Waals surface area (Å²) in [7, 11) is 0. The van der Waals surface area contributed by atoms with Crippen LogP contribution in [0.2, 0.25) is 0 Å². The van der Waals surface area contributed by atoms with E-state index in [4.69, 9.17) is 15.3 Å². The van der Waals surface area contributed by atoms with Crippen molar-refractivity contribution in [3.05, 3.63) is 0 Å². The van der Waals surface area contributed by atoms with Crippen molar-refractivity contribution < 1.29 is 24.9 Å². The molecule has 0 aromatic rings. The number of aliphatic hydroxyl groups excluding tert-OH is 2. The van der Waals surface area contributed by atoms with Crippen LogP contribution in [0.5, 0.6) is 0 Å². The van der Waals surface area contributed by atoms with Crippen LogP contribution in [0.15, 0.2) is 0 Å². The van der Waals surface area contributed by atoms with Crippen LogP contribution in [0.25, 0.3) is 0 Å². The molecule has 0 radical (unpaired) electrons. The Balaban J connectivity index is 0. The molecule has 0 bridgehead atoms. The normalized spacial score (nSPS) is 10.4. The number of carboxylic acid groups (broad SMARTS) is 1. The van der Waals surface area contributed by atoms with E-state index in [9.17, 15) is 4.79 Å². The topological polar surface area (TPSA) is 87.0 Å². The molecule has 3 N–H and O–H groups in total. The SMILES string of the molecule is CC(C)(S)C(=O)O.OCCOCCO. The second-order valence-corrected chi connectivity index (χ2v) is 4.04. The Hall–Kier alpha value is -0.300. The van der Waals surface area contributed by atoms with Crippen LogP contribution in [-0.2, 0) is 9.53 Å². The predicted molar refractivity (Wildman–Crippen MR) is 55.7 cm³/mol. The fraction of sp³-hybridized carbons (Fsp3) is 0.875. The van der Waals surface area contributed by atoms with Gasteiger partial charge in [-0.3, -0.25) is 4.79 Å². The Kier molecular flexibility index (Phi) is 10.7. The first-order chi connectivity index (χ1) is 6.36. The van der Waals surface area contributed by atoms with E-state index in [1.54, 1.807) is 0 Å². The van der Waals surface area contributed by atoms with Crippen molar-refractivity contribution >= 4 is 18.6 Å². The van der Waals surface area contributed by atoms with Crippen LogP contribution in [0.1, 0.15) is 13.8 Å². The zero-order chi connectivity index (χ0) is 11.6. The number of hydrogen-bond acceptors (Lipinski definition) is 5. The maximum absolute atomic E-state index is 9.94. The smallest absolute Gasteiger partial charge is 0.318 e. The fourth-order valence-corrected chi connectivity index (χ4v) is 0.231. The summed E-state index contributed by atoms with van der Waals surface area (Å²) in [5, 5.41) is 24.3. The quantitative estimate of drug-likeness (QED) is 0.384. The highest BCUT2D eigenvalue weighted by Gasteiger charge is 2.20. The lowest BCUT2D eigenvalue weighted by Gasteiger charge is -2.07. The molecule has 0 rings (SSSR count). The number of aliphatic hydroxyl groups is 2. The van der Waals surface area contributed by atoms with Crippen LogP contribution in [0.4, 0.5) is 0 Å². The minimum absolute atomic E-state index is 0.0278. The molecule has 5 nitrogen and oxygen atoms in total. The highest BCUT2D eigenvalue weighted by Crippen LogP contribution is 2.10. The minimum Gasteiger partial charge on any atom is -0.480 e. The third-order valence-corrected chi connectivity index (χ3v) is 1.19. The third kappa shape index (κ3) is 14.2. The van der Waals surface area contributed by atoms with Gasteiger partial charge in [-0.05, 0) is 13.8 Å². The molecule has 0 heterocycles. The van der Waals surface area contributed by atoms with E-state index in [1.165, 1.54) is 13.8 Å². The standard InChI is InChI=1S/C4H10O3.C4H8O2S/c5-1-3-7-4-2-6;1-4(2,7)3(5)6/h5-6H,1-4H2;7H,1-2H3,(H,5,6). The molecule has 0 aliphatic heterocycles. The van der Waals surface area contributed by atoms with Gasteiger partial charge in [0.15, 0.2) is 0 Å². The number of hydrogen-bond donors (Lipinski definition) is 4. The summed E-state index contributed by atoms with van der Waals surface area (Å²) >= 11 is 3.75. The van der Waals surface area contributed by atoms with Gasteiger partial charge >= 0.3 is 5.97 Å². The Bertz CT molecular complexity index is 139. The molecule has 0 saturated carbocycles. The Morgan fingerprint density at radius 1 is 1.29 bits per heavy atom. The van der Waals surface area contributed by atoms with Crippen molar-refractivity contribution in [3.63, 3.8) is 0 Å². The van der Waals surface area contributed by atoms with Crippen molar-refractivity contribution in [2.24, 2.45) is 0 Å². The third-order valence-electron chi connectivity index (χ3n) is 0.995. The summed E-state index contributed by atoms with van der Waals surface area (Å²) in [5.41, 5.74) is 0. The maximum Gasteiger partial charge on any atom is 0.318 e. The summed E-state index contributed by atoms with van der Waals surface area (Å²) in [5.74, 6) is -0.893. The van der Waals surface area contributed by atoms with Gasteiger partial charge in [0.05, 0.1) is 26.4 Å². The number of thiol groups is 1. The molecule has 0 amide bonds. The number of rotatable bonds is 5. The average Bonchev–Trinajstić information content (AvgIpc) is 2.05. The van der Waals surface area contributed by atoms with Gasteiger partial charge in [-0.1, -0.05) is 0 Å². The van der Waals surface area contributed by atoms with Gasteiger partial charge in [-0.2, -0.15) is 12.6 Å². The van der Waals surface area contributed by atoms with E-state index in [0.29, 0.717) is 13.2 Å². The first kappa shape index (κ1) is 16.1. The number of carbonyl (C=O) groups is 1. The van der Waals surface area contributed by atoms with Crippen LogP contribution >= 0.6 is 12.6 Å². The molecule has 0 atom stereocenters. The lowest BCUT2D eigenvalue weighted by molar-refractivity contribution is -0.138. The molecule has 0 aromatic heterocycles. The summed E-state index contributed by atoms with van der Waals surface area (Å²) < 4.78 is 3.74. The number of carboxylic acids is 1. The van der Waals surface area contributed by atoms with Gasteiger partial charge < -0.3 is 20.1 Å². The van der Waals surface area contributed by atoms with Crippen molar-refractivity contribution in [1.82, 2.24) is 0 Å². The molecule has 0 aliphatic rings. The second kappa shape index (κ2) is 9.26. The minimum atomic E-state index is -0.893. The van der Waals surface area contributed by atoms with Gasteiger partial charge in [0.2, 0.25) is 0 Å². The van der Waals surface area contributed by atoms with Crippen molar-refractivity contribution in [2.45, 2.75) is 18.6 Å². The van der Waals surface area contributed by atoms with Crippen LogP contribution in [0, 0.1) is 0 Å². The van der Waals surface area contributed by atoms with Gasteiger partial charge in [0.25, 0.3) is 0 Å². The zero-order valence-corrected chi connectivity index (χ0v) is 9.33. The molecule has 0 aliphatic carbocycles. The average molecular weight is 226 g/mol. The summed E-state index contributed by atoms with van der Waals surface area (Å²) in [6.45, 7) is 3.75. The van der Waals surface area contributed by atoms with Gasteiger partial charge in [0, 0.05) is 0 Å². The number of aliphatic carboxylic acids is 1. The van der Waals surface area contributed by atoms with Crippen molar-refractivity contribution in [1.29, 1.82) is 0 Å². The Labute approximate surface area is 89.1 Å². The van der Waals surface area contributed by atoms with E-state index in [-0.39, 0.29) is 13.2 Å². The van der Waals surface area contributed by atoms with Gasteiger partial charge in [-0.25, -0.2) is 0 Å². The molecule has 6 heteroatoms. The fourth-order valence-electron chi connectivity index (χ4n) is 0.231. The maximum atomic E-state index is 9.94. The van der Waals surface area contributed by atoms with Crippen molar-refractivity contribution in [3.8, 4) is 0 Å². The largest absolute Gasteiger partial charge is 0.480 e. The van der Waals surface area contributed by atoms with Gasteiger partial charge in [0.1, 0.15) is 4.75 Å². The molecular weight excluding hydrogens is 208 g/mol. The molecule has 86 valence electrons. The monoisotopic (exact) mass is 226 g/mol. The first-order valence-corrected chi connectivity index (χ1v) is 4.56. The van der Waals surface area contributed by atoms with E-state index >= 15 is 0 Å². The van der Waals surface area contributed by atoms with Crippen LogP contribution in [0.3, 0.4) is 0 Å². The summed E-state index contributed by atoms with van der Waals surface area (Å²) in [6.07, 6.45) is 0. The highest BCUT2D eigenvalue weighted by molar-refractivity contribution is 7.82. The molecule has 0 fully saturated rings. The van der Waals surface area contributed by atoms with Crippen molar-refractivity contribution in [2.75, 3.05) is 26.4 Å². The molecule has 14 heavy (non-hydrogen) atoms. The van der Waals surface area contributed by atoms with E-state index < -0.39 is 10.7 Å². The lowest BCUT2D eigenvalue weighted by Crippen LogP contribution is -2.23. The molecular formula is C8H18O5S. The van der Waals surface area contributed by atoms with Gasteiger partial charge in [-0.15, -0.1) is 0 Å². The molecule has 0 spiro atoms. The Morgan fingerprint density at radius 3 is 1.71 bits per heavy atom. The molecule has 0 saturated heterocycles. The van der Waals surface area contributed by atoms with E-state index in [0.717, 1.165) is 0 Å². The number of ether oxygens (including phenoxy) is 1. The van der Waals surface area contributed by atoms with Crippen LogP contribution in [-0.4, -0.2) is 52.5 Å². The summed E-state index contributed by atoms with van der Waals surface area (Å²) in [4.78, 5) is 9.94.